The van der Waals surface area contributed by atoms with E-state index < -0.39 is 0 Å². The van der Waals surface area contributed by atoms with Crippen molar-refractivity contribution in [2.45, 2.75) is 92.9 Å². The van der Waals surface area contributed by atoms with Crippen LogP contribution in [0.5, 0.6) is 0 Å². The molecule has 0 spiro atoms. The van der Waals surface area contributed by atoms with Crippen LogP contribution in [0.4, 0.5) is 0 Å². The van der Waals surface area contributed by atoms with Crippen LogP contribution in [0, 0.1) is 17.3 Å². The van der Waals surface area contributed by atoms with E-state index in [0.29, 0.717) is 5.41 Å². The molecule has 0 aliphatic heterocycles. The average molecular weight is 240 g/mol. The highest BCUT2D eigenvalue weighted by molar-refractivity contribution is 4.74. The second-order valence-electron chi connectivity index (χ2n) is 6.86. The summed E-state index contributed by atoms with van der Waals surface area (Å²) in [5.74, 6) is 1.79. The molecule has 104 valence electrons. The average Bonchev–Trinajstić information content (AvgIpc) is 2.31. The Morgan fingerprint density at radius 3 is 2.00 bits per heavy atom. The largest absolute Gasteiger partial charge is 0.0651 e. The zero-order chi connectivity index (χ0) is 13.3. The molecule has 0 rings (SSSR count). The number of hydrogen-bond acceptors (Lipinski definition) is 0. The molecule has 0 saturated carbocycles. The summed E-state index contributed by atoms with van der Waals surface area (Å²) in [4.78, 5) is 0. The molecule has 0 radical (unpaired) electrons. The lowest BCUT2D eigenvalue weighted by molar-refractivity contribution is 0.227. The van der Waals surface area contributed by atoms with E-state index in [2.05, 4.69) is 41.5 Å². The maximum atomic E-state index is 2.50. The van der Waals surface area contributed by atoms with Crippen molar-refractivity contribution in [1.29, 1.82) is 0 Å². The fraction of sp³-hybridized carbons (Fsp3) is 1.00. The van der Waals surface area contributed by atoms with Gasteiger partial charge < -0.3 is 0 Å². The molecule has 2 unspecified atom stereocenters. The molecule has 0 heteroatoms. The summed E-state index contributed by atoms with van der Waals surface area (Å²) in [6.45, 7) is 14.3. The molecule has 0 nitrogen and oxygen atoms in total. The van der Waals surface area contributed by atoms with Crippen molar-refractivity contribution < 1.29 is 0 Å². The molecule has 0 bridgehead atoms. The zero-order valence-corrected chi connectivity index (χ0v) is 13.3. The van der Waals surface area contributed by atoms with Crippen LogP contribution in [0.1, 0.15) is 92.9 Å². The maximum Gasteiger partial charge on any atom is -0.0328 e. The van der Waals surface area contributed by atoms with Gasteiger partial charge in [-0.25, -0.2) is 0 Å². The molecule has 2 atom stereocenters. The third kappa shape index (κ3) is 8.69. The number of hydrogen-bond donors (Lipinski definition) is 0. The summed E-state index contributed by atoms with van der Waals surface area (Å²) in [6, 6.07) is 0. The van der Waals surface area contributed by atoms with E-state index in [1.54, 1.807) is 0 Å². The summed E-state index contributed by atoms with van der Waals surface area (Å²) >= 11 is 0. The van der Waals surface area contributed by atoms with E-state index in [1.165, 1.54) is 51.4 Å². The van der Waals surface area contributed by atoms with Crippen molar-refractivity contribution in [2.75, 3.05) is 0 Å². The molecule has 0 aromatic heterocycles. The molecule has 0 aliphatic carbocycles. The summed E-state index contributed by atoms with van der Waals surface area (Å²) in [7, 11) is 0. The Morgan fingerprint density at radius 1 is 0.882 bits per heavy atom. The van der Waals surface area contributed by atoms with Gasteiger partial charge in [0.25, 0.3) is 0 Å². The van der Waals surface area contributed by atoms with Crippen LogP contribution in [-0.4, -0.2) is 0 Å². The first kappa shape index (κ1) is 17.0. The van der Waals surface area contributed by atoms with Crippen LogP contribution >= 0.6 is 0 Å². The fourth-order valence-corrected chi connectivity index (χ4v) is 2.38. The number of rotatable bonds is 10. The molecule has 0 saturated heterocycles. The van der Waals surface area contributed by atoms with Gasteiger partial charge in [0, 0.05) is 0 Å². The molecule has 0 aromatic rings. The van der Waals surface area contributed by atoms with Gasteiger partial charge in [-0.1, -0.05) is 80.1 Å². The Kier molecular flexibility index (Phi) is 9.00. The topological polar surface area (TPSA) is 0 Å². The van der Waals surface area contributed by atoms with Crippen molar-refractivity contribution in [1.82, 2.24) is 0 Å². The molecular formula is C17H36. The molecule has 0 N–H and O–H groups in total. The van der Waals surface area contributed by atoms with Crippen molar-refractivity contribution in [3.05, 3.63) is 0 Å². The minimum absolute atomic E-state index is 0.612. The van der Waals surface area contributed by atoms with Crippen LogP contribution in [-0.2, 0) is 0 Å². The summed E-state index contributed by atoms with van der Waals surface area (Å²) in [5, 5.41) is 0. The molecular weight excluding hydrogens is 204 g/mol. The standard InChI is InChI=1S/C17H36/c1-7-16(5)12-14-17(6,8-2)13-10-9-11-15(3)4/h15-16H,7-14H2,1-6H3. The summed E-state index contributed by atoms with van der Waals surface area (Å²) < 4.78 is 0. The van der Waals surface area contributed by atoms with Crippen molar-refractivity contribution >= 4 is 0 Å². The normalized spacial score (nSPS) is 17.1. The Bertz CT molecular complexity index is 171. The van der Waals surface area contributed by atoms with Gasteiger partial charge in [0.2, 0.25) is 0 Å². The van der Waals surface area contributed by atoms with Gasteiger partial charge in [0.1, 0.15) is 0 Å². The van der Waals surface area contributed by atoms with Gasteiger partial charge in [-0.2, -0.15) is 0 Å². The first-order valence-electron chi connectivity index (χ1n) is 7.93. The Hall–Kier alpha value is 0. The SMILES string of the molecule is CCC(C)CCC(C)(CC)CCCCC(C)C. The third-order valence-corrected chi connectivity index (χ3v) is 4.60. The minimum Gasteiger partial charge on any atom is -0.0651 e. The molecule has 0 heterocycles. The molecule has 0 amide bonds. The van der Waals surface area contributed by atoms with Gasteiger partial charge in [-0.15, -0.1) is 0 Å². The zero-order valence-electron chi connectivity index (χ0n) is 13.3. The smallest absolute Gasteiger partial charge is 0.0328 e. The van der Waals surface area contributed by atoms with Crippen LogP contribution in [0.2, 0.25) is 0 Å². The Balaban J connectivity index is 3.84. The highest BCUT2D eigenvalue weighted by atomic mass is 14.3. The summed E-state index contributed by atoms with van der Waals surface area (Å²) in [5.41, 5.74) is 0.612. The van der Waals surface area contributed by atoms with Gasteiger partial charge in [0.15, 0.2) is 0 Å². The minimum atomic E-state index is 0.612. The number of unbranched alkanes of at least 4 members (excludes halogenated alkanes) is 1. The van der Waals surface area contributed by atoms with E-state index in [4.69, 9.17) is 0 Å². The van der Waals surface area contributed by atoms with Gasteiger partial charge in [-0.05, 0) is 30.1 Å². The lowest BCUT2D eigenvalue weighted by atomic mass is 9.76. The van der Waals surface area contributed by atoms with Crippen LogP contribution in [0.3, 0.4) is 0 Å². The van der Waals surface area contributed by atoms with E-state index in [9.17, 15) is 0 Å². The quantitative estimate of drug-likeness (QED) is 0.385. The van der Waals surface area contributed by atoms with Crippen LogP contribution < -0.4 is 0 Å². The van der Waals surface area contributed by atoms with Crippen LogP contribution in [0.15, 0.2) is 0 Å². The lowest BCUT2D eigenvalue weighted by Gasteiger charge is -2.29. The second-order valence-corrected chi connectivity index (χ2v) is 6.86. The molecule has 0 aliphatic rings. The van der Waals surface area contributed by atoms with Crippen molar-refractivity contribution in [3.8, 4) is 0 Å². The van der Waals surface area contributed by atoms with Gasteiger partial charge >= 0.3 is 0 Å². The lowest BCUT2D eigenvalue weighted by Crippen LogP contribution is -2.16. The predicted molar refractivity (Wildman–Crippen MR) is 80.4 cm³/mol. The molecule has 0 aromatic carbocycles. The maximum absolute atomic E-state index is 2.50. The van der Waals surface area contributed by atoms with Crippen molar-refractivity contribution in [3.63, 3.8) is 0 Å². The Morgan fingerprint density at radius 2 is 1.53 bits per heavy atom. The second kappa shape index (κ2) is 9.00. The highest BCUT2D eigenvalue weighted by Gasteiger charge is 2.21. The molecule has 17 heavy (non-hydrogen) atoms. The highest BCUT2D eigenvalue weighted by Crippen LogP contribution is 2.35. The first-order chi connectivity index (χ1) is 7.93. The summed E-state index contributed by atoms with van der Waals surface area (Å²) in [6.07, 6.45) is 11.3. The Labute approximate surface area is 111 Å². The third-order valence-electron chi connectivity index (χ3n) is 4.60. The van der Waals surface area contributed by atoms with E-state index in [1.807, 2.05) is 0 Å². The predicted octanol–water partition coefficient (Wildman–Crippen LogP) is 6.45. The van der Waals surface area contributed by atoms with Crippen molar-refractivity contribution in [2.24, 2.45) is 17.3 Å². The van der Waals surface area contributed by atoms with Gasteiger partial charge in [-0.3, -0.25) is 0 Å². The van der Waals surface area contributed by atoms with Gasteiger partial charge in [0.05, 0.1) is 0 Å². The fourth-order valence-electron chi connectivity index (χ4n) is 2.38. The monoisotopic (exact) mass is 240 g/mol. The first-order valence-corrected chi connectivity index (χ1v) is 7.93. The molecule has 0 fully saturated rings. The van der Waals surface area contributed by atoms with E-state index in [0.717, 1.165) is 11.8 Å². The van der Waals surface area contributed by atoms with E-state index in [-0.39, 0.29) is 0 Å². The van der Waals surface area contributed by atoms with E-state index >= 15 is 0 Å². The van der Waals surface area contributed by atoms with Crippen LogP contribution in [0.25, 0.3) is 0 Å².